The zero-order chi connectivity index (χ0) is 22.8. The Bertz CT molecular complexity index is 1420. The average molecular weight is 552 g/mol. The molecule has 0 bridgehead atoms. The summed E-state index contributed by atoms with van der Waals surface area (Å²) < 4.78 is 7.84. The number of ether oxygens (including phenoxy) is 1. The molecule has 0 aliphatic carbocycles. The van der Waals surface area contributed by atoms with Crippen molar-refractivity contribution in [2.45, 2.75) is 13.5 Å². The third-order valence-electron chi connectivity index (χ3n) is 4.63. The van der Waals surface area contributed by atoms with Gasteiger partial charge < -0.3 is 4.74 Å². The highest BCUT2D eigenvalue weighted by molar-refractivity contribution is 9.10. The monoisotopic (exact) mass is 549 g/mol. The van der Waals surface area contributed by atoms with E-state index in [-0.39, 0.29) is 12.2 Å². The van der Waals surface area contributed by atoms with E-state index in [1.54, 1.807) is 55.6 Å². The van der Waals surface area contributed by atoms with E-state index in [1.807, 2.05) is 12.1 Å². The largest absolute Gasteiger partial charge is 0.487 e. The van der Waals surface area contributed by atoms with Crippen LogP contribution in [0.2, 0.25) is 15.1 Å². The highest BCUT2D eigenvalue weighted by Gasteiger charge is 2.09. The van der Waals surface area contributed by atoms with E-state index in [0.717, 1.165) is 10.0 Å². The van der Waals surface area contributed by atoms with Crippen LogP contribution in [0, 0.1) is 6.92 Å². The van der Waals surface area contributed by atoms with Crippen molar-refractivity contribution in [1.82, 2.24) is 9.66 Å². The fourth-order valence-electron chi connectivity index (χ4n) is 3.03. The molecular weight excluding hydrogens is 537 g/mol. The van der Waals surface area contributed by atoms with Crippen molar-refractivity contribution in [1.29, 1.82) is 0 Å². The van der Waals surface area contributed by atoms with Gasteiger partial charge in [-0.25, -0.2) is 4.98 Å². The summed E-state index contributed by atoms with van der Waals surface area (Å²) in [5.41, 5.74) is 1.94. The molecule has 0 N–H and O–H groups in total. The van der Waals surface area contributed by atoms with Crippen LogP contribution in [0.1, 0.15) is 17.0 Å². The molecule has 0 atom stereocenters. The van der Waals surface area contributed by atoms with Crippen molar-refractivity contribution in [3.8, 4) is 5.75 Å². The fraction of sp³-hybridized carbons (Fsp3) is 0.0870. The highest BCUT2D eigenvalue weighted by atomic mass is 79.9. The molecule has 0 unspecified atom stereocenters. The van der Waals surface area contributed by atoms with Crippen LogP contribution in [0.15, 0.2) is 69.0 Å². The zero-order valence-electron chi connectivity index (χ0n) is 16.7. The summed E-state index contributed by atoms with van der Waals surface area (Å²) in [5.74, 6) is 0.995. The van der Waals surface area contributed by atoms with E-state index in [2.05, 4.69) is 26.0 Å². The SMILES string of the molecule is Cc1nc2ccc(Br)cc2c(=O)n1N=Cc1ccc(OCc2ccc(Cl)c(Cl)c2)c(Cl)c1. The van der Waals surface area contributed by atoms with Gasteiger partial charge >= 0.3 is 0 Å². The predicted octanol–water partition coefficient (Wildman–Crippen LogP) is 6.89. The number of aromatic nitrogens is 2. The van der Waals surface area contributed by atoms with Crippen LogP contribution < -0.4 is 10.3 Å². The standard InChI is InChI=1S/C23H15BrCl3N3O2/c1-13-29-21-6-4-16(24)10-17(21)23(31)30(13)28-11-14-3-7-22(20(27)8-14)32-12-15-2-5-18(25)19(26)9-15/h2-11H,12H2,1H3. The number of nitrogens with zero attached hydrogens (tertiary/aromatic N) is 3. The van der Waals surface area contributed by atoms with Gasteiger partial charge in [0.15, 0.2) is 0 Å². The van der Waals surface area contributed by atoms with Gasteiger partial charge in [0, 0.05) is 4.47 Å². The summed E-state index contributed by atoms with van der Waals surface area (Å²) >= 11 is 21.7. The maximum absolute atomic E-state index is 12.8. The second-order valence-electron chi connectivity index (χ2n) is 6.91. The minimum absolute atomic E-state index is 0.252. The van der Waals surface area contributed by atoms with Crippen LogP contribution in [-0.4, -0.2) is 15.9 Å². The lowest BCUT2D eigenvalue weighted by atomic mass is 10.2. The Morgan fingerprint density at radius 1 is 1.03 bits per heavy atom. The highest BCUT2D eigenvalue weighted by Crippen LogP contribution is 2.27. The molecule has 4 rings (SSSR count). The quantitative estimate of drug-likeness (QED) is 0.254. The first kappa shape index (κ1) is 22.8. The Hall–Kier alpha value is -2.38. The molecule has 0 radical (unpaired) electrons. The van der Waals surface area contributed by atoms with Gasteiger partial charge in [0.05, 0.1) is 32.2 Å². The summed E-state index contributed by atoms with van der Waals surface area (Å²) in [7, 11) is 0. The van der Waals surface area contributed by atoms with Crippen molar-refractivity contribution < 1.29 is 4.74 Å². The van der Waals surface area contributed by atoms with Crippen molar-refractivity contribution in [2.24, 2.45) is 5.10 Å². The van der Waals surface area contributed by atoms with Gasteiger partial charge in [0.1, 0.15) is 18.2 Å². The molecule has 32 heavy (non-hydrogen) atoms. The normalized spacial score (nSPS) is 11.4. The number of halogens is 4. The summed E-state index contributed by atoms with van der Waals surface area (Å²) in [5, 5.41) is 6.16. The Labute approximate surface area is 207 Å². The first-order valence-electron chi connectivity index (χ1n) is 9.41. The number of hydrogen-bond donors (Lipinski definition) is 0. The van der Waals surface area contributed by atoms with Crippen molar-refractivity contribution in [3.63, 3.8) is 0 Å². The molecule has 4 aromatic rings. The second kappa shape index (κ2) is 9.63. The summed E-state index contributed by atoms with van der Waals surface area (Å²) in [6.07, 6.45) is 1.55. The molecular formula is C23H15BrCl3N3O2. The molecule has 0 fully saturated rings. The van der Waals surface area contributed by atoms with Crippen molar-refractivity contribution in [3.05, 3.63) is 101 Å². The maximum atomic E-state index is 12.8. The summed E-state index contributed by atoms with van der Waals surface area (Å²) in [6, 6.07) is 15.9. The smallest absolute Gasteiger partial charge is 0.282 e. The minimum atomic E-state index is -0.252. The number of fused-ring (bicyclic) bond motifs is 1. The molecule has 0 aliphatic heterocycles. The fourth-order valence-corrected chi connectivity index (χ4v) is 3.95. The Morgan fingerprint density at radius 2 is 1.84 bits per heavy atom. The molecule has 9 heteroatoms. The van der Waals surface area contributed by atoms with E-state index in [4.69, 9.17) is 39.5 Å². The first-order chi connectivity index (χ1) is 15.3. The van der Waals surface area contributed by atoms with E-state index >= 15 is 0 Å². The number of aryl methyl sites for hydroxylation is 1. The molecule has 0 spiro atoms. The van der Waals surface area contributed by atoms with Gasteiger partial charge in [-0.15, -0.1) is 0 Å². The third-order valence-corrected chi connectivity index (χ3v) is 6.15. The van der Waals surface area contributed by atoms with Crippen LogP contribution >= 0.6 is 50.7 Å². The lowest BCUT2D eigenvalue weighted by Gasteiger charge is -2.09. The van der Waals surface area contributed by atoms with Crippen molar-refractivity contribution in [2.75, 3.05) is 0 Å². The van der Waals surface area contributed by atoms with E-state index in [0.29, 0.717) is 43.1 Å². The summed E-state index contributed by atoms with van der Waals surface area (Å²) in [6.45, 7) is 2.02. The van der Waals surface area contributed by atoms with Gasteiger partial charge in [0.25, 0.3) is 5.56 Å². The predicted molar refractivity (Wildman–Crippen MR) is 134 cm³/mol. The number of rotatable bonds is 5. The van der Waals surface area contributed by atoms with Crippen LogP contribution in [0.5, 0.6) is 5.75 Å². The Balaban J connectivity index is 1.54. The average Bonchev–Trinajstić information content (AvgIpc) is 2.76. The lowest BCUT2D eigenvalue weighted by molar-refractivity contribution is 0.306. The Kier molecular flexibility index (Phi) is 6.86. The van der Waals surface area contributed by atoms with E-state index in [9.17, 15) is 4.79 Å². The van der Waals surface area contributed by atoms with Gasteiger partial charge in [-0.05, 0) is 66.6 Å². The topological polar surface area (TPSA) is 56.5 Å². The molecule has 0 amide bonds. The summed E-state index contributed by atoms with van der Waals surface area (Å²) in [4.78, 5) is 17.3. The van der Waals surface area contributed by atoms with Crippen LogP contribution in [-0.2, 0) is 6.61 Å². The van der Waals surface area contributed by atoms with Crippen LogP contribution in [0.4, 0.5) is 0 Å². The molecule has 0 saturated carbocycles. The van der Waals surface area contributed by atoms with Crippen molar-refractivity contribution >= 4 is 67.9 Å². The molecule has 1 aromatic heterocycles. The Morgan fingerprint density at radius 3 is 2.59 bits per heavy atom. The zero-order valence-corrected chi connectivity index (χ0v) is 20.5. The number of benzene rings is 3. The lowest BCUT2D eigenvalue weighted by Crippen LogP contribution is -2.20. The molecule has 162 valence electrons. The van der Waals surface area contributed by atoms with E-state index < -0.39 is 0 Å². The van der Waals surface area contributed by atoms with Gasteiger partial charge in [-0.3, -0.25) is 4.79 Å². The van der Waals surface area contributed by atoms with Crippen LogP contribution in [0.3, 0.4) is 0 Å². The van der Waals surface area contributed by atoms with Gasteiger partial charge in [-0.2, -0.15) is 9.78 Å². The van der Waals surface area contributed by atoms with Gasteiger partial charge in [0.2, 0.25) is 0 Å². The molecule has 3 aromatic carbocycles. The minimum Gasteiger partial charge on any atom is -0.487 e. The van der Waals surface area contributed by atoms with Gasteiger partial charge in [-0.1, -0.05) is 56.8 Å². The molecule has 1 heterocycles. The second-order valence-corrected chi connectivity index (χ2v) is 9.05. The maximum Gasteiger partial charge on any atom is 0.282 e. The first-order valence-corrected chi connectivity index (χ1v) is 11.3. The number of hydrogen-bond acceptors (Lipinski definition) is 4. The third kappa shape index (κ3) is 4.99. The molecule has 5 nitrogen and oxygen atoms in total. The van der Waals surface area contributed by atoms with E-state index in [1.165, 1.54) is 4.68 Å². The van der Waals surface area contributed by atoms with Crippen LogP contribution in [0.25, 0.3) is 10.9 Å². The molecule has 0 saturated heterocycles. The molecule has 0 aliphatic rings.